The fraction of sp³-hybridized carbons (Fsp3) is 0.615. The third-order valence-electron chi connectivity index (χ3n) is 2.08. The minimum absolute atomic E-state index is 0.371. The molecule has 0 saturated carbocycles. The summed E-state index contributed by atoms with van der Waals surface area (Å²) in [6, 6.07) is 0. The molecule has 0 fully saturated rings. The number of hydrogen-bond acceptors (Lipinski definition) is 4. The van der Waals surface area contributed by atoms with Gasteiger partial charge in [0.15, 0.2) is 0 Å². The van der Waals surface area contributed by atoms with E-state index in [1.54, 1.807) is 0 Å². The van der Waals surface area contributed by atoms with Crippen molar-refractivity contribution in [3.05, 3.63) is 25.7 Å². The Morgan fingerprint density at radius 1 is 0.944 bits per heavy atom. The number of unbranched alkanes of at least 4 members (excludes halogenated alkanes) is 2. The van der Waals surface area contributed by atoms with Crippen LogP contribution < -0.4 is 5.32 Å². The lowest BCUT2D eigenvalue weighted by atomic mass is 10.3. The first kappa shape index (κ1) is 16.4. The first-order chi connectivity index (χ1) is 8.81. The second-order valence-electron chi connectivity index (χ2n) is 3.55. The smallest absolute Gasteiger partial charge is 0.407 e. The number of alkyl carbamates (subject to hydrolysis) is 1. The third-order valence-corrected chi connectivity index (χ3v) is 2.08. The van der Waals surface area contributed by atoms with Gasteiger partial charge in [0, 0.05) is 6.54 Å². The third kappa shape index (κ3) is 12.4. The van der Waals surface area contributed by atoms with Crippen LogP contribution in [0.3, 0.4) is 0 Å². The van der Waals surface area contributed by atoms with Crippen LogP contribution in [0.5, 0.6) is 0 Å². The van der Waals surface area contributed by atoms with Gasteiger partial charge in [-0.1, -0.05) is 13.2 Å². The molecule has 0 heterocycles. The van der Waals surface area contributed by atoms with Crippen LogP contribution in [0.4, 0.5) is 4.79 Å². The first-order valence-corrected chi connectivity index (χ1v) is 6.17. The molecule has 1 amide bonds. The number of nitrogens with one attached hydrogen (secondary N) is 1. The van der Waals surface area contributed by atoms with Crippen molar-refractivity contribution in [3.8, 4) is 0 Å². The van der Waals surface area contributed by atoms with Gasteiger partial charge in [-0.15, -0.1) is 0 Å². The van der Waals surface area contributed by atoms with Crippen molar-refractivity contribution in [1.29, 1.82) is 0 Å². The summed E-state index contributed by atoms with van der Waals surface area (Å²) in [5.74, 6) is 0. The van der Waals surface area contributed by atoms with Crippen LogP contribution >= 0.6 is 0 Å². The minimum atomic E-state index is -0.371. The van der Waals surface area contributed by atoms with E-state index in [0.29, 0.717) is 26.4 Å². The minimum Gasteiger partial charge on any atom is -0.502 e. The molecule has 0 aromatic heterocycles. The predicted molar refractivity (Wildman–Crippen MR) is 70.1 cm³/mol. The van der Waals surface area contributed by atoms with E-state index < -0.39 is 0 Å². The molecule has 18 heavy (non-hydrogen) atoms. The van der Waals surface area contributed by atoms with E-state index in [2.05, 4.69) is 18.5 Å². The van der Waals surface area contributed by atoms with Crippen LogP contribution in [-0.4, -0.2) is 32.5 Å². The molecule has 5 nitrogen and oxygen atoms in total. The molecule has 0 aromatic rings. The Balaban J connectivity index is 3.17. The van der Waals surface area contributed by atoms with E-state index in [0.717, 1.165) is 25.7 Å². The Morgan fingerprint density at radius 2 is 1.50 bits per heavy atom. The second kappa shape index (κ2) is 13.4. The lowest BCUT2D eigenvalue weighted by molar-refractivity contribution is 0.139. The molecule has 0 spiro atoms. The Morgan fingerprint density at radius 3 is 2.11 bits per heavy atom. The highest BCUT2D eigenvalue weighted by Gasteiger charge is 2.00. The molecule has 0 aliphatic heterocycles. The van der Waals surface area contributed by atoms with Gasteiger partial charge in [0.1, 0.15) is 0 Å². The van der Waals surface area contributed by atoms with E-state index >= 15 is 0 Å². The molecular weight excluding hydrogens is 234 g/mol. The van der Waals surface area contributed by atoms with Crippen molar-refractivity contribution in [2.24, 2.45) is 0 Å². The molecule has 0 aromatic carbocycles. The molecule has 0 atom stereocenters. The van der Waals surface area contributed by atoms with Crippen LogP contribution in [0.1, 0.15) is 25.7 Å². The predicted octanol–water partition coefficient (Wildman–Crippen LogP) is 2.59. The number of ether oxygens (including phenoxy) is 3. The van der Waals surface area contributed by atoms with Crippen LogP contribution in [-0.2, 0) is 14.2 Å². The zero-order valence-corrected chi connectivity index (χ0v) is 10.9. The molecule has 5 heteroatoms. The topological polar surface area (TPSA) is 56.8 Å². The Hall–Kier alpha value is -1.65. The standard InChI is InChI=1S/C13H23NO4/c1-3-16-10-6-5-9-14-13(15)18-12-8-7-11-17-4-2/h3-4H,1-2,5-12H2,(H,14,15). The van der Waals surface area contributed by atoms with Crippen LogP contribution in [0, 0.1) is 0 Å². The summed E-state index contributed by atoms with van der Waals surface area (Å²) < 4.78 is 14.9. The highest BCUT2D eigenvalue weighted by molar-refractivity contribution is 5.66. The van der Waals surface area contributed by atoms with Gasteiger partial charge < -0.3 is 19.5 Å². The maximum absolute atomic E-state index is 11.2. The molecule has 1 N–H and O–H groups in total. The molecule has 0 bridgehead atoms. The lowest BCUT2D eigenvalue weighted by Crippen LogP contribution is -2.25. The molecular formula is C13H23NO4. The van der Waals surface area contributed by atoms with Crippen molar-refractivity contribution >= 4 is 6.09 Å². The fourth-order valence-electron chi connectivity index (χ4n) is 1.17. The van der Waals surface area contributed by atoms with Crippen LogP contribution in [0.15, 0.2) is 25.7 Å². The number of amides is 1. The van der Waals surface area contributed by atoms with E-state index in [-0.39, 0.29) is 6.09 Å². The van der Waals surface area contributed by atoms with Gasteiger partial charge in [-0.05, 0) is 25.7 Å². The molecule has 0 radical (unpaired) electrons. The van der Waals surface area contributed by atoms with Crippen molar-refractivity contribution in [2.75, 3.05) is 26.4 Å². The number of carbonyl (C=O) groups is 1. The summed E-state index contributed by atoms with van der Waals surface area (Å²) in [7, 11) is 0. The van der Waals surface area contributed by atoms with E-state index in [4.69, 9.17) is 14.2 Å². The molecule has 0 aliphatic carbocycles. The van der Waals surface area contributed by atoms with Crippen molar-refractivity contribution in [3.63, 3.8) is 0 Å². The van der Waals surface area contributed by atoms with Gasteiger partial charge in [0.05, 0.1) is 32.3 Å². The number of hydrogen-bond donors (Lipinski definition) is 1. The quantitative estimate of drug-likeness (QED) is 0.431. The molecule has 0 rings (SSSR count). The van der Waals surface area contributed by atoms with Gasteiger partial charge in [-0.25, -0.2) is 4.79 Å². The lowest BCUT2D eigenvalue weighted by Gasteiger charge is -2.07. The second-order valence-corrected chi connectivity index (χ2v) is 3.55. The summed E-state index contributed by atoms with van der Waals surface area (Å²) in [6.07, 6.45) is 5.82. The van der Waals surface area contributed by atoms with Gasteiger partial charge >= 0.3 is 6.09 Å². The summed E-state index contributed by atoms with van der Waals surface area (Å²) in [4.78, 5) is 11.2. The fourth-order valence-corrected chi connectivity index (χ4v) is 1.17. The monoisotopic (exact) mass is 257 g/mol. The van der Waals surface area contributed by atoms with Crippen molar-refractivity contribution < 1.29 is 19.0 Å². The molecule has 0 unspecified atom stereocenters. The van der Waals surface area contributed by atoms with E-state index in [9.17, 15) is 4.79 Å². The zero-order chi connectivity index (χ0) is 13.5. The maximum atomic E-state index is 11.2. The average Bonchev–Trinajstić information content (AvgIpc) is 2.38. The number of rotatable bonds is 12. The van der Waals surface area contributed by atoms with Gasteiger partial charge in [0.25, 0.3) is 0 Å². The number of carbonyl (C=O) groups excluding carboxylic acids is 1. The Labute approximate surface area is 109 Å². The zero-order valence-electron chi connectivity index (χ0n) is 10.9. The van der Waals surface area contributed by atoms with Crippen molar-refractivity contribution in [1.82, 2.24) is 5.32 Å². The summed E-state index contributed by atoms with van der Waals surface area (Å²) in [6.45, 7) is 9.12. The van der Waals surface area contributed by atoms with E-state index in [1.807, 2.05) is 0 Å². The van der Waals surface area contributed by atoms with Crippen molar-refractivity contribution in [2.45, 2.75) is 25.7 Å². The van der Waals surface area contributed by atoms with Gasteiger partial charge in [0.2, 0.25) is 0 Å². The highest BCUT2D eigenvalue weighted by atomic mass is 16.5. The Bertz CT molecular complexity index is 209. The summed E-state index contributed by atoms with van der Waals surface area (Å²) in [5, 5.41) is 2.67. The van der Waals surface area contributed by atoms with E-state index in [1.165, 1.54) is 12.5 Å². The average molecular weight is 257 g/mol. The van der Waals surface area contributed by atoms with Gasteiger partial charge in [-0.3, -0.25) is 0 Å². The Kier molecular flexibility index (Phi) is 12.2. The SMILES string of the molecule is C=COCCCCNC(=O)OCCCCOC=C. The van der Waals surface area contributed by atoms with Crippen LogP contribution in [0.2, 0.25) is 0 Å². The summed E-state index contributed by atoms with van der Waals surface area (Å²) >= 11 is 0. The normalized spacial score (nSPS) is 9.33. The first-order valence-electron chi connectivity index (χ1n) is 6.17. The molecule has 104 valence electrons. The highest BCUT2D eigenvalue weighted by Crippen LogP contribution is 1.93. The largest absolute Gasteiger partial charge is 0.502 e. The maximum Gasteiger partial charge on any atom is 0.407 e. The molecule has 0 aliphatic rings. The summed E-state index contributed by atoms with van der Waals surface area (Å²) in [5.41, 5.74) is 0. The van der Waals surface area contributed by atoms with Crippen LogP contribution in [0.25, 0.3) is 0 Å². The molecule has 0 saturated heterocycles. The van der Waals surface area contributed by atoms with Gasteiger partial charge in [-0.2, -0.15) is 0 Å².